The maximum absolute atomic E-state index is 12.2. The van der Waals surface area contributed by atoms with Crippen LogP contribution in [0.1, 0.15) is 70.4 Å². The van der Waals surface area contributed by atoms with E-state index in [1.807, 2.05) is 63.2 Å². The van der Waals surface area contributed by atoms with Gasteiger partial charge in [0, 0.05) is 25.1 Å². The molecule has 0 saturated heterocycles. The highest BCUT2D eigenvalue weighted by atomic mass is 16.7. The first-order valence-electron chi connectivity index (χ1n) is 12.0. The number of hydrogen-bond donors (Lipinski definition) is 3. The molecule has 35 heavy (non-hydrogen) atoms. The van der Waals surface area contributed by atoms with Gasteiger partial charge in [0.25, 0.3) is 0 Å². The van der Waals surface area contributed by atoms with E-state index in [-0.39, 0.29) is 11.9 Å². The molecule has 2 aromatic rings. The van der Waals surface area contributed by atoms with E-state index in [9.17, 15) is 14.4 Å². The zero-order valence-electron chi connectivity index (χ0n) is 20.9. The first-order chi connectivity index (χ1) is 16.7. The summed E-state index contributed by atoms with van der Waals surface area (Å²) in [6.07, 6.45) is 3.52. The van der Waals surface area contributed by atoms with Crippen LogP contribution in [0.15, 0.2) is 54.6 Å². The number of ether oxygens (including phenoxy) is 1. The predicted molar refractivity (Wildman–Crippen MR) is 135 cm³/mol. The standard InChI is InChI=1S/C27H37N3O5/c1-27(2,3)34-26(33)28-19-22-15-17-23(18-16-22)30-24(31)13-9-4-5-10-14-25(32)35-29-20-21-11-7-6-8-12-21/h6-8,11-12,15-18,29H,4-5,9-10,13-14,19-20H2,1-3H3,(H,28,33)(H,30,31). The van der Waals surface area contributed by atoms with E-state index >= 15 is 0 Å². The Balaban J connectivity index is 1.51. The Bertz CT molecular complexity index is 924. The summed E-state index contributed by atoms with van der Waals surface area (Å²) in [4.78, 5) is 40.7. The second-order valence-electron chi connectivity index (χ2n) is 9.30. The van der Waals surface area contributed by atoms with Gasteiger partial charge in [-0.3, -0.25) is 9.59 Å². The number of benzene rings is 2. The van der Waals surface area contributed by atoms with Gasteiger partial charge in [-0.05, 0) is 56.9 Å². The van der Waals surface area contributed by atoms with E-state index < -0.39 is 11.7 Å². The van der Waals surface area contributed by atoms with E-state index in [2.05, 4.69) is 16.1 Å². The number of hydroxylamine groups is 1. The van der Waals surface area contributed by atoms with Crippen molar-refractivity contribution in [2.45, 2.75) is 78.0 Å². The zero-order valence-corrected chi connectivity index (χ0v) is 20.9. The van der Waals surface area contributed by atoms with Crippen LogP contribution in [-0.2, 0) is 32.3 Å². The van der Waals surface area contributed by atoms with Crippen molar-refractivity contribution in [1.29, 1.82) is 0 Å². The van der Waals surface area contributed by atoms with Crippen LogP contribution < -0.4 is 16.1 Å². The Morgan fingerprint density at radius 2 is 1.40 bits per heavy atom. The van der Waals surface area contributed by atoms with E-state index in [1.54, 1.807) is 12.1 Å². The van der Waals surface area contributed by atoms with Crippen molar-refractivity contribution < 1.29 is 24.0 Å². The lowest BCUT2D eigenvalue weighted by atomic mass is 10.1. The van der Waals surface area contributed by atoms with Crippen molar-refractivity contribution in [2.75, 3.05) is 5.32 Å². The Labute approximate surface area is 207 Å². The number of anilines is 1. The molecule has 8 nitrogen and oxygen atoms in total. The van der Waals surface area contributed by atoms with E-state index in [0.717, 1.165) is 36.8 Å². The second-order valence-corrected chi connectivity index (χ2v) is 9.30. The van der Waals surface area contributed by atoms with Gasteiger partial charge in [0.15, 0.2) is 0 Å². The summed E-state index contributed by atoms with van der Waals surface area (Å²) < 4.78 is 5.21. The van der Waals surface area contributed by atoms with Crippen LogP contribution in [0.25, 0.3) is 0 Å². The number of rotatable bonds is 13. The van der Waals surface area contributed by atoms with Crippen LogP contribution in [0.2, 0.25) is 0 Å². The minimum Gasteiger partial charge on any atom is -0.444 e. The van der Waals surface area contributed by atoms with Crippen molar-refractivity contribution in [1.82, 2.24) is 10.8 Å². The quantitative estimate of drug-likeness (QED) is 0.266. The molecule has 0 saturated carbocycles. The molecule has 0 bridgehead atoms. The molecule has 0 aliphatic rings. The summed E-state index contributed by atoms with van der Waals surface area (Å²) in [7, 11) is 0. The van der Waals surface area contributed by atoms with E-state index in [0.29, 0.717) is 31.6 Å². The first-order valence-corrected chi connectivity index (χ1v) is 12.0. The second kappa shape index (κ2) is 14.8. The van der Waals surface area contributed by atoms with Gasteiger partial charge in [-0.15, -0.1) is 5.48 Å². The molecule has 2 rings (SSSR count). The summed E-state index contributed by atoms with van der Waals surface area (Å²) in [6.45, 7) is 6.26. The number of alkyl carbamates (subject to hydrolysis) is 1. The predicted octanol–water partition coefficient (Wildman–Crippen LogP) is 5.24. The minimum atomic E-state index is -0.538. The van der Waals surface area contributed by atoms with Crippen molar-refractivity contribution in [3.63, 3.8) is 0 Å². The molecular formula is C27H37N3O5. The normalized spacial score (nSPS) is 10.9. The summed E-state index contributed by atoms with van der Waals surface area (Å²) >= 11 is 0. The van der Waals surface area contributed by atoms with E-state index in [1.165, 1.54) is 0 Å². The molecule has 0 aromatic heterocycles. The Kier molecular flexibility index (Phi) is 11.8. The van der Waals surface area contributed by atoms with Crippen molar-refractivity contribution in [2.24, 2.45) is 0 Å². The van der Waals surface area contributed by atoms with Crippen molar-refractivity contribution >= 4 is 23.7 Å². The molecule has 0 unspecified atom stereocenters. The Morgan fingerprint density at radius 3 is 2.06 bits per heavy atom. The summed E-state index contributed by atoms with van der Waals surface area (Å²) in [5.74, 6) is -0.322. The van der Waals surface area contributed by atoms with Crippen LogP contribution in [0.5, 0.6) is 0 Å². The summed E-state index contributed by atoms with van der Waals surface area (Å²) in [6, 6.07) is 17.0. The third kappa shape index (κ3) is 13.2. The van der Waals surface area contributed by atoms with Crippen LogP contribution in [0, 0.1) is 0 Å². The number of amides is 2. The lowest BCUT2D eigenvalue weighted by molar-refractivity contribution is -0.151. The molecule has 0 aliphatic heterocycles. The average Bonchev–Trinajstić information content (AvgIpc) is 2.80. The Hall–Kier alpha value is -3.39. The van der Waals surface area contributed by atoms with Crippen LogP contribution >= 0.6 is 0 Å². The van der Waals surface area contributed by atoms with Gasteiger partial charge in [-0.2, -0.15) is 0 Å². The number of carbonyl (C=O) groups excluding carboxylic acids is 3. The van der Waals surface area contributed by atoms with Crippen LogP contribution in [-0.4, -0.2) is 23.6 Å². The molecular weight excluding hydrogens is 446 g/mol. The molecule has 0 heterocycles. The fourth-order valence-corrected chi connectivity index (χ4v) is 3.17. The molecule has 0 fully saturated rings. The molecule has 2 amide bonds. The first kappa shape index (κ1) is 27.9. The molecule has 2 aromatic carbocycles. The topological polar surface area (TPSA) is 106 Å². The largest absolute Gasteiger partial charge is 0.444 e. The highest BCUT2D eigenvalue weighted by molar-refractivity contribution is 5.90. The third-order valence-corrected chi connectivity index (χ3v) is 4.91. The summed E-state index contributed by atoms with van der Waals surface area (Å²) in [5, 5.41) is 5.58. The number of nitrogens with one attached hydrogen (secondary N) is 3. The maximum atomic E-state index is 12.2. The van der Waals surface area contributed by atoms with Gasteiger partial charge in [-0.1, -0.05) is 55.3 Å². The highest BCUT2D eigenvalue weighted by Crippen LogP contribution is 2.12. The third-order valence-electron chi connectivity index (χ3n) is 4.91. The number of unbranched alkanes of at least 4 members (excludes halogenated alkanes) is 3. The highest BCUT2D eigenvalue weighted by Gasteiger charge is 2.15. The molecule has 190 valence electrons. The SMILES string of the molecule is CC(C)(C)OC(=O)NCc1ccc(NC(=O)CCCCCCC(=O)ONCc2ccccc2)cc1. The molecule has 0 atom stereocenters. The molecule has 0 radical (unpaired) electrons. The maximum Gasteiger partial charge on any atom is 0.407 e. The molecule has 0 spiro atoms. The Morgan fingerprint density at radius 1 is 0.771 bits per heavy atom. The van der Waals surface area contributed by atoms with Gasteiger partial charge >= 0.3 is 12.1 Å². The van der Waals surface area contributed by atoms with Crippen LogP contribution in [0.3, 0.4) is 0 Å². The zero-order chi connectivity index (χ0) is 25.5. The van der Waals surface area contributed by atoms with Crippen LogP contribution in [0.4, 0.5) is 10.5 Å². The van der Waals surface area contributed by atoms with Crippen molar-refractivity contribution in [3.8, 4) is 0 Å². The van der Waals surface area contributed by atoms with Gasteiger partial charge < -0.3 is 20.2 Å². The lowest BCUT2D eigenvalue weighted by Gasteiger charge is -2.19. The smallest absolute Gasteiger partial charge is 0.407 e. The lowest BCUT2D eigenvalue weighted by Crippen LogP contribution is -2.32. The number of carbonyl (C=O) groups is 3. The monoisotopic (exact) mass is 483 g/mol. The molecule has 8 heteroatoms. The molecule has 0 aliphatic carbocycles. The van der Waals surface area contributed by atoms with E-state index in [4.69, 9.17) is 9.57 Å². The average molecular weight is 484 g/mol. The van der Waals surface area contributed by atoms with Gasteiger partial charge in [0.05, 0.1) is 6.54 Å². The van der Waals surface area contributed by atoms with Gasteiger partial charge in [-0.25, -0.2) is 4.79 Å². The molecule has 3 N–H and O–H groups in total. The number of hydrogen-bond acceptors (Lipinski definition) is 6. The summed E-state index contributed by atoms with van der Waals surface area (Å²) in [5.41, 5.74) is 4.81. The fraction of sp³-hybridized carbons (Fsp3) is 0.444. The minimum absolute atomic E-state index is 0.0471. The fourth-order valence-electron chi connectivity index (χ4n) is 3.17. The van der Waals surface area contributed by atoms with Crippen molar-refractivity contribution in [3.05, 3.63) is 65.7 Å². The van der Waals surface area contributed by atoms with Gasteiger partial charge in [0.2, 0.25) is 5.91 Å². The van der Waals surface area contributed by atoms with Gasteiger partial charge in [0.1, 0.15) is 5.60 Å².